The van der Waals surface area contributed by atoms with Crippen molar-refractivity contribution in [1.29, 1.82) is 0 Å². The molecule has 1 heterocycles. The molecule has 4 nitrogen and oxygen atoms in total. The number of piperidine rings is 1. The zero-order valence-electron chi connectivity index (χ0n) is 8.81. The van der Waals surface area contributed by atoms with Crippen molar-refractivity contribution in [2.75, 3.05) is 24.6 Å². The van der Waals surface area contributed by atoms with Crippen LogP contribution in [0.4, 0.5) is 0 Å². The molecule has 1 rings (SSSR count). The van der Waals surface area contributed by atoms with Crippen molar-refractivity contribution in [2.45, 2.75) is 19.3 Å². The number of hydrogen-bond acceptors (Lipinski definition) is 3. The number of carbonyl (C=O) groups excluding carboxylic acids is 1. The van der Waals surface area contributed by atoms with E-state index in [4.69, 9.17) is 0 Å². The van der Waals surface area contributed by atoms with Crippen LogP contribution in [0.15, 0.2) is 12.7 Å². The van der Waals surface area contributed by atoms with Gasteiger partial charge in [-0.3, -0.25) is 4.79 Å². The Labute approximate surface area is 90.9 Å². The zero-order chi connectivity index (χ0) is 11.3. The average Bonchev–Trinajstić information content (AvgIpc) is 2.18. The smallest absolute Gasteiger partial charge is 0.237 e. The molecular formula is C10H17NO3S. The molecule has 1 aliphatic heterocycles. The molecule has 0 radical (unpaired) electrons. The minimum Gasteiger partial charge on any atom is -0.342 e. The summed E-state index contributed by atoms with van der Waals surface area (Å²) in [5, 5.41) is 0. The Morgan fingerprint density at radius 1 is 1.27 bits per heavy atom. The van der Waals surface area contributed by atoms with E-state index in [2.05, 4.69) is 6.58 Å². The van der Waals surface area contributed by atoms with Crippen LogP contribution in [0.25, 0.3) is 0 Å². The number of sulfone groups is 1. The van der Waals surface area contributed by atoms with E-state index in [1.54, 1.807) is 4.90 Å². The van der Waals surface area contributed by atoms with Gasteiger partial charge in [0.1, 0.15) is 5.75 Å². The molecule has 0 aromatic heterocycles. The summed E-state index contributed by atoms with van der Waals surface area (Å²) in [6.45, 7) is 4.76. The standard InChI is InChI=1S/C10H17NO3S/c1-2-8-15(13,14)9-10(12)11-6-4-3-5-7-11/h2H,1,3-9H2. The Hall–Kier alpha value is -0.840. The Morgan fingerprint density at radius 3 is 2.40 bits per heavy atom. The molecule has 0 aliphatic carbocycles. The second-order valence-corrected chi connectivity index (χ2v) is 5.89. The monoisotopic (exact) mass is 231 g/mol. The fraction of sp³-hybridized carbons (Fsp3) is 0.700. The van der Waals surface area contributed by atoms with Crippen LogP contribution >= 0.6 is 0 Å². The highest BCUT2D eigenvalue weighted by Gasteiger charge is 2.21. The summed E-state index contributed by atoms with van der Waals surface area (Å²) < 4.78 is 22.7. The molecule has 0 atom stereocenters. The highest BCUT2D eigenvalue weighted by Crippen LogP contribution is 2.09. The van der Waals surface area contributed by atoms with E-state index < -0.39 is 9.84 Å². The number of likely N-dealkylation sites (tertiary alicyclic amines) is 1. The first kappa shape index (κ1) is 12.2. The molecular weight excluding hydrogens is 214 g/mol. The summed E-state index contributed by atoms with van der Waals surface area (Å²) in [6, 6.07) is 0. The average molecular weight is 231 g/mol. The number of nitrogens with zero attached hydrogens (tertiary/aromatic N) is 1. The second-order valence-electron chi connectivity index (χ2n) is 3.78. The quantitative estimate of drug-likeness (QED) is 0.666. The van der Waals surface area contributed by atoms with Crippen LogP contribution in [-0.2, 0) is 14.6 Å². The molecule has 0 bridgehead atoms. The summed E-state index contributed by atoms with van der Waals surface area (Å²) in [7, 11) is -3.29. The highest BCUT2D eigenvalue weighted by atomic mass is 32.2. The maximum atomic E-state index is 11.6. The largest absolute Gasteiger partial charge is 0.342 e. The van der Waals surface area contributed by atoms with Crippen molar-refractivity contribution < 1.29 is 13.2 Å². The van der Waals surface area contributed by atoms with Crippen LogP contribution in [0.5, 0.6) is 0 Å². The number of amides is 1. The molecule has 0 spiro atoms. The molecule has 1 aliphatic rings. The van der Waals surface area contributed by atoms with Gasteiger partial charge in [0.25, 0.3) is 0 Å². The molecule has 86 valence electrons. The fourth-order valence-electron chi connectivity index (χ4n) is 1.66. The van der Waals surface area contributed by atoms with E-state index in [0.717, 1.165) is 19.3 Å². The summed E-state index contributed by atoms with van der Waals surface area (Å²) in [5.74, 6) is -0.762. The minimum atomic E-state index is -3.29. The van der Waals surface area contributed by atoms with E-state index in [1.165, 1.54) is 6.08 Å². The molecule has 1 saturated heterocycles. The van der Waals surface area contributed by atoms with E-state index in [1.807, 2.05) is 0 Å². The lowest BCUT2D eigenvalue weighted by Crippen LogP contribution is -2.39. The Morgan fingerprint density at radius 2 is 1.87 bits per heavy atom. The van der Waals surface area contributed by atoms with Gasteiger partial charge in [0.05, 0.1) is 5.75 Å². The summed E-state index contributed by atoms with van der Waals surface area (Å²) >= 11 is 0. The Kier molecular flexibility index (Phi) is 4.32. The van der Waals surface area contributed by atoms with Gasteiger partial charge in [0.15, 0.2) is 9.84 Å². The molecule has 0 aromatic carbocycles. The predicted molar refractivity (Wildman–Crippen MR) is 59.3 cm³/mol. The van der Waals surface area contributed by atoms with Gasteiger partial charge in [-0.15, -0.1) is 6.58 Å². The number of rotatable bonds is 4. The van der Waals surface area contributed by atoms with E-state index in [-0.39, 0.29) is 17.4 Å². The van der Waals surface area contributed by atoms with Gasteiger partial charge in [0.2, 0.25) is 5.91 Å². The van der Waals surface area contributed by atoms with Gasteiger partial charge in [-0.1, -0.05) is 6.08 Å². The van der Waals surface area contributed by atoms with Crippen molar-refractivity contribution >= 4 is 15.7 Å². The van der Waals surface area contributed by atoms with E-state index >= 15 is 0 Å². The molecule has 0 N–H and O–H groups in total. The molecule has 5 heteroatoms. The van der Waals surface area contributed by atoms with Crippen molar-refractivity contribution in [3.8, 4) is 0 Å². The first-order chi connectivity index (χ1) is 7.05. The lowest BCUT2D eigenvalue weighted by molar-refractivity contribution is -0.129. The van der Waals surface area contributed by atoms with Gasteiger partial charge < -0.3 is 4.90 Å². The maximum absolute atomic E-state index is 11.6. The van der Waals surface area contributed by atoms with Crippen molar-refractivity contribution in [2.24, 2.45) is 0 Å². The van der Waals surface area contributed by atoms with E-state index in [9.17, 15) is 13.2 Å². The molecule has 1 fully saturated rings. The van der Waals surface area contributed by atoms with Gasteiger partial charge in [-0.25, -0.2) is 8.42 Å². The third-order valence-corrected chi connectivity index (χ3v) is 3.85. The first-order valence-corrected chi connectivity index (χ1v) is 6.96. The molecule has 0 aromatic rings. The third kappa shape index (κ3) is 4.03. The van der Waals surface area contributed by atoms with Gasteiger partial charge >= 0.3 is 0 Å². The van der Waals surface area contributed by atoms with Crippen LogP contribution in [0.2, 0.25) is 0 Å². The summed E-state index contributed by atoms with van der Waals surface area (Å²) in [5.41, 5.74) is 0. The van der Waals surface area contributed by atoms with Gasteiger partial charge in [-0.05, 0) is 19.3 Å². The summed E-state index contributed by atoms with van der Waals surface area (Å²) in [4.78, 5) is 13.2. The molecule has 0 saturated carbocycles. The third-order valence-electron chi connectivity index (χ3n) is 2.42. The normalized spacial score (nSPS) is 17.5. The van der Waals surface area contributed by atoms with Crippen molar-refractivity contribution in [3.05, 3.63) is 12.7 Å². The van der Waals surface area contributed by atoms with Crippen LogP contribution in [0.3, 0.4) is 0 Å². The summed E-state index contributed by atoms with van der Waals surface area (Å²) in [6.07, 6.45) is 4.41. The lowest BCUT2D eigenvalue weighted by atomic mass is 10.1. The van der Waals surface area contributed by atoms with Gasteiger partial charge in [-0.2, -0.15) is 0 Å². The number of carbonyl (C=O) groups is 1. The molecule has 0 unspecified atom stereocenters. The first-order valence-electron chi connectivity index (χ1n) is 5.14. The molecule has 1 amide bonds. The van der Waals surface area contributed by atoms with E-state index in [0.29, 0.717) is 13.1 Å². The minimum absolute atomic E-state index is 0.118. The maximum Gasteiger partial charge on any atom is 0.237 e. The van der Waals surface area contributed by atoms with Crippen LogP contribution in [0.1, 0.15) is 19.3 Å². The number of hydrogen-bond donors (Lipinski definition) is 0. The highest BCUT2D eigenvalue weighted by molar-refractivity contribution is 7.92. The zero-order valence-corrected chi connectivity index (χ0v) is 9.63. The predicted octanol–water partition coefficient (Wildman–Crippen LogP) is 0.600. The van der Waals surface area contributed by atoms with Gasteiger partial charge in [0, 0.05) is 13.1 Å². The fourth-order valence-corrected chi connectivity index (χ4v) is 2.70. The SMILES string of the molecule is C=CCS(=O)(=O)CC(=O)N1CCCCC1. The Bertz CT molecular complexity index is 329. The van der Waals surface area contributed by atoms with Crippen molar-refractivity contribution in [3.63, 3.8) is 0 Å². The Balaban J connectivity index is 2.50. The topological polar surface area (TPSA) is 54.5 Å². The lowest BCUT2D eigenvalue weighted by Gasteiger charge is -2.26. The van der Waals surface area contributed by atoms with Crippen LogP contribution in [0, 0.1) is 0 Å². The molecule has 15 heavy (non-hydrogen) atoms. The van der Waals surface area contributed by atoms with Crippen molar-refractivity contribution in [1.82, 2.24) is 4.90 Å². The van der Waals surface area contributed by atoms with Crippen LogP contribution in [-0.4, -0.2) is 43.8 Å². The van der Waals surface area contributed by atoms with Crippen LogP contribution < -0.4 is 0 Å². The second kappa shape index (κ2) is 5.30.